The molecular weight excluding hydrogens is 394 g/mol. The Bertz CT molecular complexity index is 994. The number of alkyl halides is 3. The lowest BCUT2D eigenvalue weighted by Gasteiger charge is -2.15. The van der Waals surface area contributed by atoms with Crippen LogP contribution in [0.1, 0.15) is 11.3 Å². The molecule has 2 heterocycles. The lowest BCUT2D eigenvalue weighted by Crippen LogP contribution is -2.24. The van der Waals surface area contributed by atoms with Gasteiger partial charge in [-0.1, -0.05) is 10.1 Å². The van der Waals surface area contributed by atoms with Gasteiger partial charge in [-0.15, -0.1) is 0 Å². The first-order valence-corrected chi connectivity index (χ1v) is 9.46. The number of rotatable bonds is 2. The zero-order chi connectivity index (χ0) is 20.0. The highest BCUT2D eigenvalue weighted by atomic mass is 32.3. The first-order valence-electron chi connectivity index (χ1n) is 7.39. The molecule has 0 aliphatic carbocycles. The van der Waals surface area contributed by atoms with E-state index in [-0.39, 0.29) is 28.4 Å². The van der Waals surface area contributed by atoms with Crippen LogP contribution >= 0.6 is 0 Å². The maximum absolute atomic E-state index is 13.9. The van der Waals surface area contributed by atoms with Crippen LogP contribution in [-0.2, 0) is 26.4 Å². The van der Waals surface area contributed by atoms with E-state index in [1.807, 2.05) is 0 Å². The molecule has 1 aliphatic heterocycles. The van der Waals surface area contributed by atoms with E-state index in [2.05, 4.69) is 14.3 Å². The first kappa shape index (κ1) is 19.2. The van der Waals surface area contributed by atoms with Crippen molar-refractivity contribution in [2.45, 2.75) is 17.7 Å². The van der Waals surface area contributed by atoms with Gasteiger partial charge in [0.2, 0.25) is 5.88 Å². The zero-order valence-electron chi connectivity index (χ0n) is 13.7. The number of benzene rings is 1. The highest BCUT2D eigenvalue weighted by Crippen LogP contribution is 2.36. The molecule has 2 aromatic rings. The number of amides is 1. The quantitative estimate of drug-likeness (QED) is 0.522. The number of aromatic hydroxyl groups is 1. The van der Waals surface area contributed by atoms with Gasteiger partial charge in [0.15, 0.2) is 17.4 Å². The highest BCUT2D eigenvalue weighted by molar-refractivity contribution is 7.99. The summed E-state index contributed by atoms with van der Waals surface area (Å²) in [6.07, 6.45) is -5.20. The number of hydrogen-bond acceptors (Lipinski definition) is 5. The van der Waals surface area contributed by atoms with Crippen molar-refractivity contribution in [2.24, 2.45) is 4.36 Å². The van der Waals surface area contributed by atoms with Crippen LogP contribution < -0.4 is 4.74 Å². The Hall–Kier alpha value is -2.60. The third-order valence-electron chi connectivity index (χ3n) is 3.81. The van der Waals surface area contributed by atoms with Crippen molar-refractivity contribution in [1.29, 1.82) is 0 Å². The van der Waals surface area contributed by atoms with Crippen LogP contribution in [0.3, 0.4) is 0 Å². The highest BCUT2D eigenvalue weighted by Gasteiger charge is 2.41. The van der Waals surface area contributed by atoms with Crippen LogP contribution in [0.25, 0.3) is 11.4 Å². The molecule has 12 heteroatoms. The third-order valence-corrected chi connectivity index (χ3v) is 6.00. The van der Waals surface area contributed by atoms with E-state index in [1.165, 1.54) is 19.2 Å². The van der Waals surface area contributed by atoms with Crippen molar-refractivity contribution in [2.75, 3.05) is 7.11 Å². The second-order valence-electron chi connectivity index (χ2n) is 5.74. The van der Waals surface area contributed by atoms with Crippen LogP contribution in [0.2, 0.25) is 0 Å². The Morgan fingerprint density at radius 2 is 2.00 bits per heavy atom. The molecule has 2 N–H and O–H groups in total. The van der Waals surface area contributed by atoms with Gasteiger partial charge >= 0.3 is 12.1 Å². The monoisotopic (exact) mass is 407 g/mol. The summed E-state index contributed by atoms with van der Waals surface area (Å²) >= 11 is 0. The van der Waals surface area contributed by atoms with Crippen molar-refractivity contribution >= 4 is 16.0 Å². The Morgan fingerprint density at radius 1 is 1.30 bits per heavy atom. The topological polar surface area (TPSA) is 105 Å². The summed E-state index contributed by atoms with van der Waals surface area (Å²) in [6, 6.07) is 3.81. The molecule has 0 atom stereocenters. The molecule has 1 aromatic heterocycles. The Morgan fingerprint density at radius 3 is 2.59 bits per heavy atom. The van der Waals surface area contributed by atoms with Gasteiger partial charge in [-0.05, 0) is 18.2 Å². The predicted molar refractivity (Wildman–Crippen MR) is 87.9 cm³/mol. The summed E-state index contributed by atoms with van der Waals surface area (Å²) in [5.41, 5.74) is 0.258. The fraction of sp³-hybridized carbons (Fsp3) is 0.267. The molecule has 1 aromatic carbocycles. The van der Waals surface area contributed by atoms with E-state index >= 15 is 0 Å². The number of fused-ring (bicyclic) bond motifs is 1. The van der Waals surface area contributed by atoms with Gasteiger partial charge in [0.1, 0.15) is 0 Å². The minimum atomic E-state index is -5.20. The number of halogens is 4. The second kappa shape index (κ2) is 6.53. The summed E-state index contributed by atoms with van der Waals surface area (Å²) < 4.78 is 69.1. The Labute approximate surface area is 150 Å². The van der Waals surface area contributed by atoms with Gasteiger partial charge in [0.05, 0.1) is 12.8 Å². The van der Waals surface area contributed by atoms with Crippen LogP contribution in [-0.4, -0.2) is 38.8 Å². The summed E-state index contributed by atoms with van der Waals surface area (Å²) in [5, 5.41) is 10.1. The van der Waals surface area contributed by atoms with Gasteiger partial charge in [0, 0.05) is 22.6 Å². The van der Waals surface area contributed by atoms with Crippen molar-refractivity contribution < 1.29 is 36.8 Å². The lowest BCUT2D eigenvalue weighted by atomic mass is 10.1. The van der Waals surface area contributed by atoms with Gasteiger partial charge in [-0.2, -0.15) is 22.5 Å². The smallest absolute Gasteiger partial charge is 0.474 e. The molecule has 0 saturated heterocycles. The van der Waals surface area contributed by atoms with E-state index in [9.17, 15) is 32.0 Å². The maximum atomic E-state index is 13.9. The molecule has 146 valence electrons. The SMILES string of the molecule is COc1ccc(-c2nc(O)c3c(n2)C[SH](O)(=NC(=O)C(F)(F)F)C3)cc1F. The van der Waals surface area contributed by atoms with Crippen LogP contribution in [0.5, 0.6) is 11.6 Å². The third kappa shape index (κ3) is 3.76. The number of carbonyl (C=O) groups excluding carboxylic acids is 1. The molecule has 0 spiro atoms. The molecule has 1 aliphatic rings. The van der Waals surface area contributed by atoms with E-state index in [4.69, 9.17) is 4.74 Å². The van der Waals surface area contributed by atoms with E-state index < -0.39 is 45.4 Å². The number of aromatic nitrogens is 2. The fourth-order valence-corrected chi connectivity index (χ4v) is 4.87. The van der Waals surface area contributed by atoms with E-state index in [0.29, 0.717) is 0 Å². The van der Waals surface area contributed by atoms with Gasteiger partial charge < -0.3 is 14.4 Å². The first-order chi connectivity index (χ1) is 12.5. The standard InChI is InChI=1S/C15H13F4N3O4S/c1-26-11-3-2-7(4-9(11)16)12-20-10-6-27(25,5-8(10)13(23)21-12)22-14(24)15(17,18)19/h2-4,27H,5-6H2,1H3,(H,20,21,23)(H,22,24,25). The van der Waals surface area contributed by atoms with Crippen molar-refractivity contribution in [3.63, 3.8) is 0 Å². The van der Waals surface area contributed by atoms with Crippen molar-refractivity contribution in [1.82, 2.24) is 9.97 Å². The van der Waals surface area contributed by atoms with E-state index in [1.54, 1.807) is 0 Å². The average molecular weight is 407 g/mol. The second-order valence-corrected chi connectivity index (χ2v) is 8.33. The molecule has 0 saturated carbocycles. The number of carbonyl (C=O) groups is 1. The number of thiol groups is 1. The Kier molecular flexibility index (Phi) is 4.64. The number of methoxy groups -OCH3 is 1. The van der Waals surface area contributed by atoms with Crippen LogP contribution in [0.15, 0.2) is 22.6 Å². The molecule has 0 radical (unpaired) electrons. The fourth-order valence-electron chi connectivity index (χ4n) is 2.59. The van der Waals surface area contributed by atoms with Gasteiger partial charge in [-0.3, -0.25) is 4.79 Å². The van der Waals surface area contributed by atoms with Crippen LogP contribution in [0.4, 0.5) is 17.6 Å². The zero-order valence-corrected chi connectivity index (χ0v) is 14.6. The average Bonchev–Trinajstić information content (AvgIpc) is 2.90. The lowest BCUT2D eigenvalue weighted by molar-refractivity contribution is -0.169. The Balaban J connectivity index is 2.00. The normalized spacial score (nSPS) is 16.5. The number of hydrogen-bond donors (Lipinski definition) is 3. The maximum Gasteiger partial charge on any atom is 0.474 e. The van der Waals surface area contributed by atoms with Crippen molar-refractivity contribution in [3.05, 3.63) is 35.3 Å². The minimum absolute atomic E-state index is 0.0160. The molecule has 3 rings (SSSR count). The molecule has 27 heavy (non-hydrogen) atoms. The molecular formula is C15H13F4N3O4S. The van der Waals surface area contributed by atoms with E-state index in [0.717, 1.165) is 6.07 Å². The summed E-state index contributed by atoms with van der Waals surface area (Å²) in [4.78, 5) is 19.0. The molecule has 1 amide bonds. The van der Waals surface area contributed by atoms with Gasteiger partial charge in [-0.25, -0.2) is 9.37 Å². The molecule has 7 nitrogen and oxygen atoms in total. The summed E-state index contributed by atoms with van der Waals surface area (Å²) in [7, 11) is -2.43. The molecule has 0 unspecified atom stereocenters. The summed E-state index contributed by atoms with van der Waals surface area (Å²) in [5.74, 6) is -4.66. The summed E-state index contributed by atoms with van der Waals surface area (Å²) in [6.45, 7) is 0. The van der Waals surface area contributed by atoms with Gasteiger partial charge in [0.25, 0.3) is 0 Å². The largest absolute Gasteiger partial charge is 0.494 e. The minimum Gasteiger partial charge on any atom is -0.494 e. The van der Waals surface area contributed by atoms with Crippen molar-refractivity contribution in [3.8, 4) is 23.0 Å². The number of ether oxygens (including phenoxy) is 1. The molecule has 0 fully saturated rings. The van der Waals surface area contributed by atoms with Crippen LogP contribution in [0, 0.1) is 5.82 Å². The predicted octanol–water partition coefficient (Wildman–Crippen LogP) is 2.64. The number of nitrogens with zero attached hydrogens (tertiary/aromatic N) is 3. The molecule has 0 bridgehead atoms.